The molecule has 1 heteroatoms. The molecular weight excluding hydrogens is 460 g/mol. The third-order valence-electron chi connectivity index (χ3n) is 14.2. The highest BCUT2D eigenvalue weighted by atomic mass is 16.1. The van der Waals surface area contributed by atoms with E-state index in [1.54, 1.807) is 6.42 Å². The van der Waals surface area contributed by atoms with Crippen LogP contribution < -0.4 is 0 Å². The van der Waals surface area contributed by atoms with Crippen molar-refractivity contribution in [2.75, 3.05) is 0 Å². The number of carbonyl (C=O) groups excluding carboxylic acids is 1. The SMILES string of the molecule is C=C(C)C1CCC(C23CC4(C)CC(C5CCC(C(=C)C)CC5)(C2)CC(C2CCC(C(C)=O)CC2)(C4)C3)CC1. The summed E-state index contributed by atoms with van der Waals surface area (Å²) in [5, 5.41) is 0. The minimum atomic E-state index is 0.355. The van der Waals surface area contributed by atoms with Crippen molar-refractivity contribution < 1.29 is 4.79 Å². The lowest BCUT2D eigenvalue weighted by molar-refractivity contribution is -0.254. The molecule has 0 aromatic heterocycles. The Labute approximate surface area is 235 Å². The second-order valence-corrected chi connectivity index (χ2v) is 16.9. The number of Topliss-reactive ketones (excluding diaryl/α,β-unsaturated/α-hetero) is 1. The molecule has 0 heterocycles. The molecule has 0 N–H and O–H groups in total. The molecule has 2 unspecified atom stereocenters. The van der Waals surface area contributed by atoms with E-state index in [2.05, 4.69) is 33.9 Å². The van der Waals surface area contributed by atoms with Crippen LogP contribution in [-0.2, 0) is 4.79 Å². The quantitative estimate of drug-likeness (QED) is 0.320. The number of allylic oxidation sites excluding steroid dienone is 2. The molecule has 4 bridgehead atoms. The normalized spacial score (nSPS) is 50.5. The van der Waals surface area contributed by atoms with Gasteiger partial charge in [0.1, 0.15) is 5.78 Å². The zero-order chi connectivity index (χ0) is 26.9. The monoisotopic (exact) mass is 518 g/mol. The van der Waals surface area contributed by atoms with E-state index in [4.69, 9.17) is 0 Å². The molecule has 0 amide bonds. The fourth-order valence-corrected chi connectivity index (χ4v) is 13.2. The number of hydrogen-bond acceptors (Lipinski definition) is 1. The van der Waals surface area contributed by atoms with E-state index in [-0.39, 0.29) is 0 Å². The van der Waals surface area contributed by atoms with Crippen molar-refractivity contribution in [3.8, 4) is 0 Å². The Balaban J connectivity index is 1.33. The third kappa shape index (κ3) is 4.53. The first kappa shape index (κ1) is 27.3. The van der Waals surface area contributed by atoms with Gasteiger partial charge in [0.2, 0.25) is 0 Å². The van der Waals surface area contributed by atoms with Gasteiger partial charge in [0, 0.05) is 5.92 Å². The summed E-state index contributed by atoms with van der Waals surface area (Å²) in [7, 11) is 0. The summed E-state index contributed by atoms with van der Waals surface area (Å²) in [4.78, 5) is 12.3. The number of rotatable bonds is 6. The standard InChI is InChI=1S/C37H58O/c1-25(2)28-7-13-31(14-8-28)35-19-34(6)20-36(22-35,32-15-9-29(10-16-32)26(3)4)24-37(21-34,23-35)33-17-11-30(12-18-33)27(5)38/h28-33H,1,3,7-24H2,2,4-6H3. The summed E-state index contributed by atoms with van der Waals surface area (Å²) < 4.78 is 0. The van der Waals surface area contributed by atoms with E-state index in [9.17, 15) is 4.79 Å². The maximum atomic E-state index is 12.3. The van der Waals surface area contributed by atoms with Crippen LogP contribution in [0.1, 0.15) is 143 Å². The Hall–Kier alpha value is -0.850. The fraction of sp³-hybridized carbons (Fsp3) is 0.865. The van der Waals surface area contributed by atoms with Gasteiger partial charge in [-0.15, -0.1) is 0 Å². The van der Waals surface area contributed by atoms with Gasteiger partial charge in [-0.05, 0) is 188 Å². The Kier molecular flexibility index (Phi) is 6.92. The number of hydrogen-bond donors (Lipinski definition) is 0. The topological polar surface area (TPSA) is 17.1 Å². The fourth-order valence-electron chi connectivity index (χ4n) is 13.2. The van der Waals surface area contributed by atoms with Crippen molar-refractivity contribution in [2.24, 2.45) is 57.2 Å². The summed E-state index contributed by atoms with van der Waals surface area (Å²) in [5.41, 5.74) is 5.15. The average Bonchev–Trinajstić information content (AvgIpc) is 2.87. The Bertz CT molecular complexity index is 816. The highest BCUT2D eigenvalue weighted by Crippen LogP contribution is 2.80. The van der Waals surface area contributed by atoms with Gasteiger partial charge in [0.15, 0.2) is 0 Å². The second-order valence-electron chi connectivity index (χ2n) is 16.9. The molecule has 38 heavy (non-hydrogen) atoms. The lowest BCUT2D eigenvalue weighted by Crippen LogP contribution is -2.66. The van der Waals surface area contributed by atoms with Crippen molar-refractivity contribution in [3.63, 3.8) is 0 Å². The second kappa shape index (κ2) is 9.62. The maximum absolute atomic E-state index is 12.3. The predicted molar refractivity (Wildman–Crippen MR) is 160 cm³/mol. The van der Waals surface area contributed by atoms with E-state index in [0.29, 0.717) is 33.4 Å². The summed E-state index contributed by atoms with van der Waals surface area (Å²) in [6.07, 6.45) is 25.6. The summed E-state index contributed by atoms with van der Waals surface area (Å²) in [6, 6.07) is 0. The molecule has 0 saturated heterocycles. The highest BCUT2D eigenvalue weighted by Gasteiger charge is 2.70. The Morgan fingerprint density at radius 1 is 0.500 bits per heavy atom. The van der Waals surface area contributed by atoms with E-state index in [1.165, 1.54) is 120 Å². The molecule has 7 saturated carbocycles. The molecule has 1 nitrogen and oxygen atoms in total. The van der Waals surface area contributed by atoms with Crippen LogP contribution in [0.2, 0.25) is 0 Å². The minimum absolute atomic E-state index is 0.355. The van der Waals surface area contributed by atoms with Crippen molar-refractivity contribution in [1.82, 2.24) is 0 Å². The van der Waals surface area contributed by atoms with Gasteiger partial charge in [-0.1, -0.05) is 31.2 Å². The van der Waals surface area contributed by atoms with Crippen LogP contribution in [0.5, 0.6) is 0 Å². The van der Waals surface area contributed by atoms with Crippen LogP contribution in [-0.4, -0.2) is 5.78 Å². The van der Waals surface area contributed by atoms with Crippen LogP contribution >= 0.6 is 0 Å². The van der Waals surface area contributed by atoms with Crippen LogP contribution in [0.15, 0.2) is 24.3 Å². The molecule has 7 fully saturated rings. The van der Waals surface area contributed by atoms with Crippen molar-refractivity contribution in [3.05, 3.63) is 24.3 Å². The Morgan fingerprint density at radius 2 is 0.789 bits per heavy atom. The number of carbonyl (C=O) groups is 1. The van der Waals surface area contributed by atoms with E-state index in [0.717, 1.165) is 29.6 Å². The lowest BCUT2D eigenvalue weighted by Gasteiger charge is -2.75. The zero-order valence-corrected chi connectivity index (χ0v) is 25.5. The predicted octanol–water partition coefficient (Wildman–Crippen LogP) is 10.5. The van der Waals surface area contributed by atoms with Gasteiger partial charge < -0.3 is 0 Å². The molecule has 0 aromatic rings. The molecule has 7 aliphatic rings. The van der Waals surface area contributed by atoms with Gasteiger partial charge in [-0.2, -0.15) is 0 Å². The molecule has 0 radical (unpaired) electrons. The summed E-state index contributed by atoms with van der Waals surface area (Å²) in [6.45, 7) is 17.9. The average molecular weight is 519 g/mol. The first-order valence-electron chi connectivity index (χ1n) is 16.8. The first-order valence-corrected chi connectivity index (χ1v) is 16.8. The van der Waals surface area contributed by atoms with Crippen LogP contribution in [0.3, 0.4) is 0 Å². The van der Waals surface area contributed by atoms with Crippen LogP contribution in [0.25, 0.3) is 0 Å². The van der Waals surface area contributed by atoms with Gasteiger partial charge in [-0.3, -0.25) is 4.79 Å². The summed E-state index contributed by atoms with van der Waals surface area (Å²) >= 11 is 0. The van der Waals surface area contributed by atoms with Crippen LogP contribution in [0.4, 0.5) is 0 Å². The van der Waals surface area contributed by atoms with Crippen molar-refractivity contribution in [2.45, 2.75) is 143 Å². The van der Waals surface area contributed by atoms with E-state index >= 15 is 0 Å². The largest absolute Gasteiger partial charge is 0.300 e. The molecule has 212 valence electrons. The molecule has 0 aromatic carbocycles. The number of ketones is 1. The van der Waals surface area contributed by atoms with E-state index < -0.39 is 0 Å². The molecule has 2 atom stereocenters. The van der Waals surface area contributed by atoms with Gasteiger partial charge in [-0.25, -0.2) is 0 Å². The summed E-state index contributed by atoms with van der Waals surface area (Å²) in [5.74, 6) is 5.12. The minimum Gasteiger partial charge on any atom is -0.300 e. The molecule has 0 aliphatic heterocycles. The first-order chi connectivity index (χ1) is 18.0. The van der Waals surface area contributed by atoms with Crippen molar-refractivity contribution >= 4 is 5.78 Å². The van der Waals surface area contributed by atoms with Gasteiger partial charge in [0.05, 0.1) is 0 Å². The smallest absolute Gasteiger partial charge is 0.132 e. The van der Waals surface area contributed by atoms with Gasteiger partial charge in [0.25, 0.3) is 0 Å². The van der Waals surface area contributed by atoms with Crippen LogP contribution in [0, 0.1) is 57.2 Å². The molecular formula is C37H58O. The molecule has 7 aliphatic carbocycles. The highest BCUT2D eigenvalue weighted by molar-refractivity contribution is 5.78. The zero-order valence-electron chi connectivity index (χ0n) is 25.5. The van der Waals surface area contributed by atoms with Gasteiger partial charge >= 0.3 is 0 Å². The lowest BCUT2D eigenvalue weighted by atomic mass is 9.29. The third-order valence-corrected chi connectivity index (χ3v) is 14.2. The molecule has 7 rings (SSSR count). The Morgan fingerprint density at radius 3 is 1.05 bits per heavy atom. The van der Waals surface area contributed by atoms with Crippen molar-refractivity contribution in [1.29, 1.82) is 0 Å². The van der Waals surface area contributed by atoms with E-state index in [1.807, 2.05) is 6.92 Å². The molecule has 0 spiro atoms. The maximum Gasteiger partial charge on any atom is 0.132 e.